The summed E-state index contributed by atoms with van der Waals surface area (Å²) in [5, 5.41) is 8.35. The minimum Gasteiger partial charge on any atom is -0.337 e. The second-order valence-electron chi connectivity index (χ2n) is 7.12. The van der Waals surface area contributed by atoms with Crippen LogP contribution in [0.15, 0.2) is 67.5 Å². The predicted octanol–water partition coefficient (Wildman–Crippen LogP) is 4.06. The molecule has 0 aliphatic heterocycles. The first-order valence-electron chi connectivity index (χ1n) is 9.51. The maximum absolute atomic E-state index is 4.88. The van der Waals surface area contributed by atoms with Gasteiger partial charge in [0.25, 0.3) is 0 Å². The molecular weight excluding hydrogens is 376 g/mol. The number of aryl methyl sites for hydroxylation is 1. The van der Waals surface area contributed by atoms with Crippen molar-refractivity contribution in [3.63, 3.8) is 0 Å². The molecule has 0 fully saturated rings. The topological polar surface area (TPSA) is 101 Å². The van der Waals surface area contributed by atoms with Crippen LogP contribution in [0.25, 0.3) is 50.4 Å². The van der Waals surface area contributed by atoms with Crippen LogP contribution in [0.2, 0.25) is 0 Å². The summed E-state index contributed by atoms with van der Waals surface area (Å²) < 4.78 is 1.98. The van der Waals surface area contributed by atoms with Gasteiger partial charge in [-0.1, -0.05) is 12.1 Å². The van der Waals surface area contributed by atoms with E-state index in [2.05, 4.69) is 36.2 Å². The number of aromatic nitrogens is 8. The summed E-state index contributed by atoms with van der Waals surface area (Å²) in [5.74, 6) is 0.710. The van der Waals surface area contributed by atoms with Gasteiger partial charge < -0.3 is 9.55 Å². The average Bonchev–Trinajstić information content (AvgIpc) is 3.51. The molecule has 0 saturated heterocycles. The van der Waals surface area contributed by atoms with Gasteiger partial charge in [-0.05, 0) is 31.2 Å². The fourth-order valence-electron chi connectivity index (χ4n) is 3.67. The monoisotopic (exact) mass is 392 g/mol. The molecule has 8 nitrogen and oxygen atoms in total. The van der Waals surface area contributed by atoms with E-state index in [1.165, 1.54) is 0 Å². The number of imidazole rings is 2. The number of benzene rings is 1. The lowest BCUT2D eigenvalue weighted by Crippen LogP contribution is -1.91. The van der Waals surface area contributed by atoms with Crippen molar-refractivity contribution in [3.8, 4) is 28.3 Å². The lowest BCUT2D eigenvalue weighted by molar-refractivity contribution is 1.06. The fourth-order valence-corrected chi connectivity index (χ4v) is 3.67. The van der Waals surface area contributed by atoms with Crippen molar-refractivity contribution >= 4 is 22.1 Å². The smallest absolute Gasteiger partial charge is 0.181 e. The molecule has 5 aromatic heterocycles. The van der Waals surface area contributed by atoms with Crippen LogP contribution in [-0.4, -0.2) is 39.7 Å². The van der Waals surface area contributed by atoms with Crippen LogP contribution in [0.5, 0.6) is 0 Å². The summed E-state index contributed by atoms with van der Waals surface area (Å²) in [6, 6.07) is 12.0. The Morgan fingerprint density at radius 3 is 2.80 bits per heavy atom. The lowest BCUT2D eigenvalue weighted by Gasteiger charge is -2.01. The van der Waals surface area contributed by atoms with Gasteiger partial charge in [0, 0.05) is 35.9 Å². The Bertz CT molecular complexity index is 1510. The largest absolute Gasteiger partial charge is 0.337 e. The van der Waals surface area contributed by atoms with Crippen molar-refractivity contribution in [1.82, 2.24) is 39.7 Å². The zero-order valence-corrected chi connectivity index (χ0v) is 16.0. The highest BCUT2D eigenvalue weighted by Crippen LogP contribution is 2.30. The number of hydrogen-bond donors (Lipinski definition) is 2. The molecule has 30 heavy (non-hydrogen) atoms. The first kappa shape index (κ1) is 16.6. The van der Waals surface area contributed by atoms with Crippen LogP contribution in [0, 0.1) is 6.92 Å². The normalized spacial score (nSPS) is 11.5. The molecular formula is C22H16N8. The van der Waals surface area contributed by atoms with Crippen LogP contribution < -0.4 is 0 Å². The Morgan fingerprint density at radius 1 is 1.00 bits per heavy atom. The van der Waals surface area contributed by atoms with Gasteiger partial charge in [0.2, 0.25) is 0 Å². The molecule has 0 saturated carbocycles. The number of aromatic amines is 2. The van der Waals surface area contributed by atoms with Gasteiger partial charge in [0.15, 0.2) is 11.5 Å². The number of para-hydroxylation sites is 1. The SMILES string of the molecule is Cc1cn(-c2cccc3[nH]c(-c4[nH]nc5ncc(-c6cccnc6)cc45)nc23)cn1. The summed E-state index contributed by atoms with van der Waals surface area (Å²) in [5.41, 5.74) is 7.14. The molecule has 2 N–H and O–H groups in total. The maximum atomic E-state index is 4.88. The summed E-state index contributed by atoms with van der Waals surface area (Å²) in [4.78, 5) is 21.3. The number of nitrogens with one attached hydrogen (secondary N) is 2. The minimum atomic E-state index is 0.642. The third kappa shape index (κ3) is 2.58. The highest BCUT2D eigenvalue weighted by atomic mass is 15.2. The first-order valence-corrected chi connectivity index (χ1v) is 9.51. The van der Waals surface area contributed by atoms with Gasteiger partial charge in [0.1, 0.15) is 11.2 Å². The van der Waals surface area contributed by atoms with Crippen molar-refractivity contribution in [1.29, 1.82) is 0 Å². The van der Waals surface area contributed by atoms with Crippen LogP contribution in [0.4, 0.5) is 0 Å². The predicted molar refractivity (Wildman–Crippen MR) is 114 cm³/mol. The van der Waals surface area contributed by atoms with Gasteiger partial charge in [-0.2, -0.15) is 5.10 Å². The van der Waals surface area contributed by atoms with Crippen LogP contribution >= 0.6 is 0 Å². The zero-order chi connectivity index (χ0) is 20.1. The number of fused-ring (bicyclic) bond motifs is 2. The van der Waals surface area contributed by atoms with Gasteiger partial charge in [-0.3, -0.25) is 10.1 Å². The maximum Gasteiger partial charge on any atom is 0.181 e. The molecule has 144 valence electrons. The van der Waals surface area contributed by atoms with Crippen LogP contribution in [0.3, 0.4) is 0 Å². The van der Waals surface area contributed by atoms with Crippen molar-refractivity contribution in [2.45, 2.75) is 6.92 Å². The van der Waals surface area contributed by atoms with E-state index in [1.807, 2.05) is 60.4 Å². The van der Waals surface area contributed by atoms with Crippen LogP contribution in [-0.2, 0) is 0 Å². The van der Waals surface area contributed by atoms with Crippen molar-refractivity contribution in [2.24, 2.45) is 0 Å². The molecule has 0 aliphatic rings. The molecule has 0 amide bonds. The molecule has 5 heterocycles. The lowest BCUT2D eigenvalue weighted by atomic mass is 10.1. The quantitative estimate of drug-likeness (QED) is 0.473. The van der Waals surface area contributed by atoms with Gasteiger partial charge >= 0.3 is 0 Å². The van der Waals surface area contributed by atoms with Crippen molar-refractivity contribution < 1.29 is 0 Å². The van der Waals surface area contributed by atoms with Crippen molar-refractivity contribution in [3.05, 3.63) is 73.2 Å². The molecule has 6 aromatic rings. The summed E-state index contributed by atoms with van der Waals surface area (Å²) >= 11 is 0. The Kier molecular flexibility index (Phi) is 3.51. The third-order valence-electron chi connectivity index (χ3n) is 5.12. The number of pyridine rings is 2. The molecule has 0 spiro atoms. The Hall–Kier alpha value is -4.33. The second kappa shape index (κ2) is 6.35. The highest BCUT2D eigenvalue weighted by Gasteiger charge is 2.16. The number of H-pyrrole nitrogens is 2. The molecule has 0 bridgehead atoms. The zero-order valence-electron chi connectivity index (χ0n) is 16.0. The number of nitrogens with zero attached hydrogens (tertiary/aromatic N) is 6. The Morgan fingerprint density at radius 2 is 1.97 bits per heavy atom. The number of rotatable bonds is 3. The third-order valence-corrected chi connectivity index (χ3v) is 5.12. The average molecular weight is 392 g/mol. The van der Waals surface area contributed by atoms with E-state index in [-0.39, 0.29) is 0 Å². The summed E-state index contributed by atoms with van der Waals surface area (Å²) in [7, 11) is 0. The second-order valence-corrected chi connectivity index (χ2v) is 7.12. The minimum absolute atomic E-state index is 0.642. The van der Waals surface area contributed by atoms with Crippen molar-refractivity contribution in [2.75, 3.05) is 0 Å². The van der Waals surface area contributed by atoms with E-state index in [0.717, 1.165) is 44.6 Å². The molecule has 0 aliphatic carbocycles. The standard InChI is InChI=1S/C22H16N8/c1-13-11-30(12-25-13)18-6-2-5-17-20(18)27-22(26-17)19-16-8-15(10-24-21(16)29-28-19)14-4-3-7-23-9-14/h2-12H,1H3,(H,26,27)(H,24,28,29). The van der Waals surface area contributed by atoms with E-state index in [1.54, 1.807) is 12.5 Å². The number of hydrogen-bond acceptors (Lipinski definition) is 5. The molecule has 6 rings (SSSR count). The van der Waals surface area contributed by atoms with Gasteiger partial charge in [0.05, 0.1) is 28.6 Å². The summed E-state index contributed by atoms with van der Waals surface area (Å²) in [6.45, 7) is 1.97. The van der Waals surface area contributed by atoms with E-state index in [0.29, 0.717) is 11.5 Å². The Labute approximate surface area is 170 Å². The van der Waals surface area contributed by atoms with E-state index < -0.39 is 0 Å². The van der Waals surface area contributed by atoms with Gasteiger partial charge in [-0.25, -0.2) is 15.0 Å². The van der Waals surface area contributed by atoms with E-state index in [9.17, 15) is 0 Å². The van der Waals surface area contributed by atoms with E-state index >= 15 is 0 Å². The summed E-state index contributed by atoms with van der Waals surface area (Å²) in [6.07, 6.45) is 9.17. The highest BCUT2D eigenvalue weighted by molar-refractivity contribution is 5.94. The first-order chi connectivity index (χ1) is 14.8. The van der Waals surface area contributed by atoms with Gasteiger partial charge in [-0.15, -0.1) is 0 Å². The van der Waals surface area contributed by atoms with Crippen LogP contribution in [0.1, 0.15) is 5.69 Å². The Balaban J connectivity index is 1.52. The molecule has 0 unspecified atom stereocenters. The van der Waals surface area contributed by atoms with E-state index in [4.69, 9.17) is 4.98 Å². The fraction of sp³-hybridized carbons (Fsp3) is 0.0455. The molecule has 1 aromatic carbocycles. The molecule has 0 radical (unpaired) electrons. The molecule has 8 heteroatoms. The molecule has 0 atom stereocenters.